The van der Waals surface area contributed by atoms with Gasteiger partial charge in [-0.1, -0.05) is 0 Å². The number of nitrogens with one attached hydrogen (secondary N) is 1. The van der Waals surface area contributed by atoms with Gasteiger partial charge in [0, 0.05) is 18.8 Å². The number of rotatable bonds is 5. The number of hydrogen-bond acceptors (Lipinski definition) is 5. The van der Waals surface area contributed by atoms with Crippen LogP contribution in [0.5, 0.6) is 11.5 Å². The third-order valence-electron chi connectivity index (χ3n) is 2.53. The Bertz CT molecular complexity index is 490. The zero-order valence-electron chi connectivity index (χ0n) is 11.9. The molecule has 1 rings (SSSR count). The molecule has 0 radical (unpaired) electrons. The number of anilines is 1. The molecule has 0 atom stereocenters. The molecule has 0 saturated heterocycles. The highest BCUT2D eigenvalue weighted by atomic mass is 16.5. The lowest BCUT2D eigenvalue weighted by Gasteiger charge is -2.15. The molecule has 0 unspecified atom stereocenters. The minimum Gasteiger partial charge on any atom is -0.493 e. The molecule has 0 bridgehead atoms. The van der Waals surface area contributed by atoms with Crippen molar-refractivity contribution in [2.45, 2.75) is 0 Å². The molecule has 1 aromatic rings. The maximum atomic E-state index is 11.8. The van der Waals surface area contributed by atoms with Gasteiger partial charge in [0.15, 0.2) is 11.5 Å². The van der Waals surface area contributed by atoms with Crippen LogP contribution >= 0.6 is 0 Å². The molecule has 7 heteroatoms. The molecule has 0 aliphatic carbocycles. The van der Waals surface area contributed by atoms with Gasteiger partial charge in [0.05, 0.1) is 21.3 Å². The molecule has 0 aliphatic rings. The minimum atomic E-state index is -0.576. The van der Waals surface area contributed by atoms with E-state index in [0.717, 1.165) is 4.90 Å². The largest absolute Gasteiger partial charge is 0.493 e. The molecule has 2 amide bonds. The van der Waals surface area contributed by atoms with E-state index in [2.05, 4.69) is 10.1 Å². The normalized spacial score (nSPS) is 9.60. The third-order valence-corrected chi connectivity index (χ3v) is 2.53. The second-order valence-corrected chi connectivity index (χ2v) is 3.94. The monoisotopic (exact) mass is 282 g/mol. The summed E-state index contributed by atoms with van der Waals surface area (Å²) in [5.41, 5.74) is 0.547. The fourth-order valence-corrected chi connectivity index (χ4v) is 1.55. The van der Waals surface area contributed by atoms with E-state index in [-0.39, 0.29) is 12.5 Å². The highest BCUT2D eigenvalue weighted by Gasteiger charge is 2.13. The molecule has 7 nitrogen and oxygen atoms in total. The van der Waals surface area contributed by atoms with Crippen molar-refractivity contribution in [3.05, 3.63) is 18.2 Å². The number of hydrogen-bond donors (Lipinski definition) is 1. The van der Waals surface area contributed by atoms with Crippen LogP contribution in [0.1, 0.15) is 0 Å². The van der Waals surface area contributed by atoms with E-state index in [1.807, 2.05) is 0 Å². The van der Waals surface area contributed by atoms with E-state index in [1.165, 1.54) is 28.4 Å². The molecule has 0 heterocycles. The zero-order chi connectivity index (χ0) is 15.1. The molecule has 0 fully saturated rings. The maximum absolute atomic E-state index is 11.8. The fraction of sp³-hybridized carbons (Fsp3) is 0.385. The Hall–Kier alpha value is -2.44. The standard InChI is InChI=1S/C13H18N2O5/c1-15(13(17)20-4)8-12(16)14-9-5-6-10(18-2)11(7-9)19-3/h5-7H,8H2,1-4H3,(H,14,16). The van der Waals surface area contributed by atoms with Gasteiger partial charge in [-0.2, -0.15) is 0 Å². The summed E-state index contributed by atoms with van der Waals surface area (Å²) < 4.78 is 14.7. The smallest absolute Gasteiger partial charge is 0.409 e. The van der Waals surface area contributed by atoms with Gasteiger partial charge in [-0.15, -0.1) is 0 Å². The summed E-state index contributed by atoms with van der Waals surface area (Å²) in [5.74, 6) is 0.730. The number of methoxy groups -OCH3 is 3. The van der Waals surface area contributed by atoms with Crippen LogP contribution < -0.4 is 14.8 Å². The molecule has 0 aromatic heterocycles. The first-order chi connectivity index (χ1) is 9.51. The maximum Gasteiger partial charge on any atom is 0.409 e. The van der Waals surface area contributed by atoms with E-state index in [4.69, 9.17) is 9.47 Å². The number of carbonyl (C=O) groups is 2. The predicted molar refractivity (Wildman–Crippen MR) is 73.2 cm³/mol. The fourth-order valence-electron chi connectivity index (χ4n) is 1.55. The van der Waals surface area contributed by atoms with Crippen molar-refractivity contribution in [2.75, 3.05) is 40.2 Å². The highest BCUT2D eigenvalue weighted by Crippen LogP contribution is 2.29. The molecule has 0 spiro atoms. The van der Waals surface area contributed by atoms with E-state index < -0.39 is 6.09 Å². The topological polar surface area (TPSA) is 77.1 Å². The Kier molecular flexibility index (Phi) is 5.64. The first-order valence-electron chi connectivity index (χ1n) is 5.82. The van der Waals surface area contributed by atoms with Gasteiger partial charge in [-0.3, -0.25) is 4.79 Å². The van der Waals surface area contributed by atoms with Gasteiger partial charge >= 0.3 is 6.09 Å². The van der Waals surface area contributed by atoms with Crippen LogP contribution in [0.4, 0.5) is 10.5 Å². The lowest BCUT2D eigenvalue weighted by Crippen LogP contribution is -2.34. The third kappa shape index (κ3) is 4.04. The summed E-state index contributed by atoms with van der Waals surface area (Å²) in [5, 5.41) is 2.65. The van der Waals surface area contributed by atoms with E-state index in [1.54, 1.807) is 18.2 Å². The number of benzene rings is 1. The van der Waals surface area contributed by atoms with Gasteiger partial charge in [0.2, 0.25) is 5.91 Å². The van der Waals surface area contributed by atoms with E-state index in [9.17, 15) is 9.59 Å². The van der Waals surface area contributed by atoms with Crippen LogP contribution in [-0.2, 0) is 9.53 Å². The van der Waals surface area contributed by atoms with E-state index >= 15 is 0 Å². The van der Waals surface area contributed by atoms with Crippen molar-refractivity contribution in [3.63, 3.8) is 0 Å². The van der Waals surface area contributed by atoms with Gasteiger partial charge in [0.25, 0.3) is 0 Å². The number of ether oxygens (including phenoxy) is 3. The summed E-state index contributed by atoms with van der Waals surface area (Å²) in [6.07, 6.45) is -0.576. The molecule has 0 aliphatic heterocycles. The molecule has 20 heavy (non-hydrogen) atoms. The van der Waals surface area contributed by atoms with Gasteiger partial charge in [-0.05, 0) is 12.1 Å². The van der Waals surface area contributed by atoms with Crippen molar-refractivity contribution in [1.82, 2.24) is 4.90 Å². The van der Waals surface area contributed by atoms with Gasteiger partial charge < -0.3 is 24.4 Å². The average molecular weight is 282 g/mol. The first-order valence-corrected chi connectivity index (χ1v) is 5.82. The van der Waals surface area contributed by atoms with Gasteiger partial charge in [-0.25, -0.2) is 4.79 Å². The Morgan fingerprint density at radius 2 is 1.80 bits per heavy atom. The van der Waals surface area contributed by atoms with Crippen molar-refractivity contribution < 1.29 is 23.8 Å². The first kappa shape index (κ1) is 15.6. The Balaban J connectivity index is 2.69. The number of carbonyl (C=O) groups excluding carboxylic acids is 2. The molecule has 110 valence electrons. The zero-order valence-corrected chi connectivity index (χ0v) is 11.9. The number of likely N-dealkylation sites (N-methyl/N-ethyl adjacent to an activating group) is 1. The molecule has 1 aromatic carbocycles. The quantitative estimate of drug-likeness (QED) is 0.882. The molecule has 1 N–H and O–H groups in total. The summed E-state index contributed by atoms with van der Waals surface area (Å²) in [4.78, 5) is 24.1. The number of nitrogens with zero attached hydrogens (tertiary/aromatic N) is 1. The lowest BCUT2D eigenvalue weighted by molar-refractivity contribution is -0.116. The van der Waals surface area contributed by atoms with Crippen LogP contribution in [0.3, 0.4) is 0 Å². The number of amides is 2. The van der Waals surface area contributed by atoms with Crippen LogP contribution in [0.2, 0.25) is 0 Å². The summed E-state index contributed by atoms with van der Waals surface area (Å²) in [6.45, 7) is -0.110. The Labute approximate surface area is 117 Å². The predicted octanol–water partition coefficient (Wildman–Crippen LogP) is 1.34. The van der Waals surface area contributed by atoms with Crippen LogP contribution in [0.15, 0.2) is 18.2 Å². The summed E-state index contributed by atoms with van der Waals surface area (Å²) in [7, 11) is 5.76. The highest BCUT2D eigenvalue weighted by molar-refractivity contribution is 5.94. The summed E-state index contributed by atoms with van der Waals surface area (Å²) >= 11 is 0. The Morgan fingerprint density at radius 3 is 2.35 bits per heavy atom. The second-order valence-electron chi connectivity index (χ2n) is 3.94. The van der Waals surface area contributed by atoms with Crippen LogP contribution in [0.25, 0.3) is 0 Å². The van der Waals surface area contributed by atoms with Crippen molar-refractivity contribution in [2.24, 2.45) is 0 Å². The second kappa shape index (κ2) is 7.22. The van der Waals surface area contributed by atoms with Crippen LogP contribution in [-0.4, -0.2) is 51.8 Å². The van der Waals surface area contributed by atoms with Gasteiger partial charge in [0.1, 0.15) is 6.54 Å². The van der Waals surface area contributed by atoms with Crippen LogP contribution in [0, 0.1) is 0 Å². The molecular weight excluding hydrogens is 264 g/mol. The van der Waals surface area contributed by atoms with Crippen molar-refractivity contribution in [1.29, 1.82) is 0 Å². The summed E-state index contributed by atoms with van der Waals surface area (Å²) in [6, 6.07) is 4.99. The van der Waals surface area contributed by atoms with Crippen molar-refractivity contribution >= 4 is 17.7 Å². The lowest BCUT2D eigenvalue weighted by atomic mass is 10.2. The molecular formula is C13H18N2O5. The van der Waals surface area contributed by atoms with Crippen molar-refractivity contribution in [3.8, 4) is 11.5 Å². The minimum absolute atomic E-state index is 0.110. The molecule has 0 saturated carbocycles. The Morgan fingerprint density at radius 1 is 1.15 bits per heavy atom. The van der Waals surface area contributed by atoms with E-state index in [0.29, 0.717) is 17.2 Å². The average Bonchev–Trinajstić information content (AvgIpc) is 2.45. The SMILES string of the molecule is COC(=O)N(C)CC(=O)Nc1ccc(OC)c(OC)c1.